The zero-order valence-corrected chi connectivity index (χ0v) is 23.9. The SMILES string of the molecule is c1ccc2cc3c(cc2c1)sc1cc(-c2ccc(-n4c5ccccc5c5ccc6oc7ccccc7c6c54)cc2)ccc13. The molecule has 200 valence electrons. The summed E-state index contributed by atoms with van der Waals surface area (Å²) in [5.74, 6) is 0. The maximum Gasteiger partial charge on any atom is 0.137 e. The summed E-state index contributed by atoms with van der Waals surface area (Å²) in [6.45, 7) is 0. The van der Waals surface area contributed by atoms with E-state index < -0.39 is 0 Å². The molecule has 3 aromatic heterocycles. The normalized spacial score (nSPS) is 12.2. The zero-order chi connectivity index (χ0) is 28.1. The number of furan rings is 1. The zero-order valence-electron chi connectivity index (χ0n) is 23.0. The van der Waals surface area contributed by atoms with Crippen LogP contribution < -0.4 is 0 Å². The van der Waals surface area contributed by atoms with Crippen molar-refractivity contribution in [3.63, 3.8) is 0 Å². The first-order chi connectivity index (χ1) is 21.3. The van der Waals surface area contributed by atoms with E-state index in [0.29, 0.717) is 0 Å². The summed E-state index contributed by atoms with van der Waals surface area (Å²) in [5.41, 5.74) is 7.81. The van der Waals surface area contributed by atoms with Crippen LogP contribution in [0.2, 0.25) is 0 Å². The lowest BCUT2D eigenvalue weighted by molar-refractivity contribution is 0.669. The summed E-state index contributed by atoms with van der Waals surface area (Å²) >= 11 is 1.88. The van der Waals surface area contributed by atoms with Gasteiger partial charge in [-0.1, -0.05) is 84.9 Å². The highest BCUT2D eigenvalue weighted by atomic mass is 32.1. The lowest BCUT2D eigenvalue weighted by Gasteiger charge is -2.10. The van der Waals surface area contributed by atoms with E-state index in [9.17, 15) is 0 Å². The predicted octanol–water partition coefficient (Wildman–Crippen LogP) is 11.9. The van der Waals surface area contributed by atoms with Crippen molar-refractivity contribution in [3.8, 4) is 16.8 Å². The van der Waals surface area contributed by atoms with E-state index in [0.717, 1.165) is 27.6 Å². The van der Waals surface area contributed by atoms with Crippen LogP contribution in [0.25, 0.3) is 91.5 Å². The molecule has 0 amide bonds. The molecule has 0 saturated carbocycles. The van der Waals surface area contributed by atoms with Crippen LogP contribution in [-0.4, -0.2) is 4.57 Å². The van der Waals surface area contributed by atoms with Crippen molar-refractivity contribution in [2.24, 2.45) is 0 Å². The molecule has 7 aromatic carbocycles. The van der Waals surface area contributed by atoms with Gasteiger partial charge in [0, 0.05) is 42.0 Å². The van der Waals surface area contributed by atoms with Crippen molar-refractivity contribution in [2.75, 3.05) is 0 Å². The second kappa shape index (κ2) is 8.57. The number of nitrogens with zero attached hydrogens (tertiary/aromatic N) is 1. The molecule has 3 heteroatoms. The summed E-state index contributed by atoms with van der Waals surface area (Å²) in [6, 6.07) is 50.6. The third kappa shape index (κ3) is 3.28. The number of rotatable bonds is 2. The van der Waals surface area contributed by atoms with Gasteiger partial charge in [0.1, 0.15) is 11.2 Å². The summed E-state index contributed by atoms with van der Waals surface area (Å²) in [6.07, 6.45) is 0. The number of hydrogen-bond acceptors (Lipinski definition) is 2. The van der Waals surface area contributed by atoms with Crippen LogP contribution >= 0.6 is 11.3 Å². The van der Waals surface area contributed by atoms with Crippen LogP contribution in [-0.2, 0) is 0 Å². The van der Waals surface area contributed by atoms with E-state index in [1.54, 1.807) is 0 Å². The minimum Gasteiger partial charge on any atom is -0.456 e. The lowest BCUT2D eigenvalue weighted by Crippen LogP contribution is -1.94. The van der Waals surface area contributed by atoms with Gasteiger partial charge in [-0.05, 0) is 76.5 Å². The average molecular weight is 566 g/mol. The van der Waals surface area contributed by atoms with Crippen LogP contribution in [0, 0.1) is 0 Å². The molecule has 3 heterocycles. The van der Waals surface area contributed by atoms with Crippen molar-refractivity contribution in [1.82, 2.24) is 4.57 Å². The molecule has 0 atom stereocenters. The summed E-state index contributed by atoms with van der Waals surface area (Å²) < 4.78 is 11.4. The van der Waals surface area contributed by atoms with Gasteiger partial charge in [-0.3, -0.25) is 0 Å². The van der Waals surface area contributed by atoms with E-state index >= 15 is 0 Å². The van der Waals surface area contributed by atoms with Crippen molar-refractivity contribution >= 4 is 86.0 Å². The maximum atomic E-state index is 6.29. The van der Waals surface area contributed by atoms with Gasteiger partial charge in [0.05, 0.1) is 16.4 Å². The second-order valence-electron chi connectivity index (χ2n) is 11.3. The highest BCUT2D eigenvalue weighted by Crippen LogP contribution is 2.42. The van der Waals surface area contributed by atoms with Gasteiger partial charge in [-0.15, -0.1) is 11.3 Å². The average Bonchev–Trinajstić information content (AvgIpc) is 3.72. The highest BCUT2D eigenvalue weighted by Gasteiger charge is 2.19. The maximum absolute atomic E-state index is 6.29. The Labute approximate surface area is 250 Å². The largest absolute Gasteiger partial charge is 0.456 e. The van der Waals surface area contributed by atoms with Crippen molar-refractivity contribution in [3.05, 3.63) is 140 Å². The molecule has 10 rings (SSSR count). The standard InChI is InChI=1S/C40H23NOS/c1-2-8-26-22-38-33(21-25(26)7-1)30-18-15-27(23-37(30)43-38)24-13-16-28(17-14-24)41-34-11-5-3-9-29(34)31-19-20-36-39(40(31)41)32-10-4-6-12-35(32)42-36/h1-23H. The van der Waals surface area contributed by atoms with Crippen LogP contribution in [0.3, 0.4) is 0 Å². The third-order valence-electron chi connectivity index (χ3n) is 8.97. The Bertz CT molecular complexity index is 2720. The van der Waals surface area contributed by atoms with Crippen LogP contribution in [0.4, 0.5) is 0 Å². The molecule has 0 fully saturated rings. The molecule has 0 spiro atoms. The van der Waals surface area contributed by atoms with E-state index in [1.807, 2.05) is 17.4 Å². The summed E-state index contributed by atoms with van der Waals surface area (Å²) in [5, 5.41) is 10.0. The molecule has 0 radical (unpaired) electrons. The van der Waals surface area contributed by atoms with Crippen molar-refractivity contribution in [1.29, 1.82) is 0 Å². The van der Waals surface area contributed by atoms with E-state index in [-0.39, 0.29) is 0 Å². The van der Waals surface area contributed by atoms with E-state index in [1.165, 1.54) is 63.9 Å². The summed E-state index contributed by atoms with van der Waals surface area (Å²) in [7, 11) is 0. The molecule has 43 heavy (non-hydrogen) atoms. The summed E-state index contributed by atoms with van der Waals surface area (Å²) in [4.78, 5) is 0. The van der Waals surface area contributed by atoms with Crippen LogP contribution in [0.1, 0.15) is 0 Å². The number of thiophene rings is 1. The molecule has 0 aliphatic rings. The smallest absolute Gasteiger partial charge is 0.137 e. The topological polar surface area (TPSA) is 18.1 Å². The number of para-hydroxylation sites is 2. The quantitative estimate of drug-likeness (QED) is 0.204. The van der Waals surface area contributed by atoms with Gasteiger partial charge in [0.15, 0.2) is 0 Å². The van der Waals surface area contributed by atoms with Crippen LogP contribution in [0.15, 0.2) is 144 Å². The molecule has 0 N–H and O–H groups in total. The fourth-order valence-corrected chi connectivity index (χ4v) is 8.15. The first-order valence-electron chi connectivity index (χ1n) is 14.6. The Balaban J connectivity index is 1.15. The van der Waals surface area contributed by atoms with Gasteiger partial charge in [-0.2, -0.15) is 0 Å². The van der Waals surface area contributed by atoms with E-state index in [2.05, 4.69) is 138 Å². The molecule has 2 nitrogen and oxygen atoms in total. The number of benzene rings is 7. The van der Waals surface area contributed by atoms with Gasteiger partial charge in [-0.25, -0.2) is 0 Å². The highest BCUT2D eigenvalue weighted by molar-refractivity contribution is 7.25. The molecule has 0 saturated heterocycles. The molecule has 0 bridgehead atoms. The van der Waals surface area contributed by atoms with Gasteiger partial charge in [0.2, 0.25) is 0 Å². The molecular formula is C40H23NOS. The third-order valence-corrected chi connectivity index (χ3v) is 10.1. The van der Waals surface area contributed by atoms with E-state index in [4.69, 9.17) is 4.42 Å². The monoisotopic (exact) mass is 565 g/mol. The van der Waals surface area contributed by atoms with Gasteiger partial charge in [0.25, 0.3) is 0 Å². The minimum atomic E-state index is 0.916. The fourth-order valence-electron chi connectivity index (χ4n) is 6.98. The first kappa shape index (κ1) is 23.2. The minimum absolute atomic E-state index is 0.916. The Morgan fingerprint density at radius 2 is 1.16 bits per heavy atom. The first-order valence-corrected chi connectivity index (χ1v) is 15.4. The van der Waals surface area contributed by atoms with Crippen LogP contribution in [0.5, 0.6) is 0 Å². The molecule has 0 aliphatic heterocycles. The predicted molar refractivity (Wildman–Crippen MR) is 184 cm³/mol. The Morgan fingerprint density at radius 3 is 2.05 bits per heavy atom. The van der Waals surface area contributed by atoms with Crippen molar-refractivity contribution < 1.29 is 4.42 Å². The molecule has 10 aromatic rings. The molecule has 0 unspecified atom stereocenters. The molecule has 0 aliphatic carbocycles. The fraction of sp³-hybridized carbons (Fsp3) is 0. The lowest BCUT2D eigenvalue weighted by atomic mass is 10.0. The number of hydrogen-bond donors (Lipinski definition) is 0. The number of fused-ring (bicyclic) bond motifs is 11. The van der Waals surface area contributed by atoms with Gasteiger partial charge >= 0.3 is 0 Å². The Morgan fingerprint density at radius 1 is 0.465 bits per heavy atom. The van der Waals surface area contributed by atoms with Crippen molar-refractivity contribution in [2.45, 2.75) is 0 Å². The molecular weight excluding hydrogens is 543 g/mol. The second-order valence-corrected chi connectivity index (χ2v) is 12.4. The number of aromatic nitrogens is 1. The Hall–Kier alpha value is -5.38. The Kier molecular flexibility index (Phi) is 4.63. The van der Waals surface area contributed by atoms with Gasteiger partial charge < -0.3 is 8.98 Å².